The van der Waals surface area contributed by atoms with Crippen LogP contribution in [0.1, 0.15) is 72.1 Å². The molecule has 0 aromatic rings. The van der Waals surface area contributed by atoms with E-state index in [-0.39, 0.29) is 0 Å². The summed E-state index contributed by atoms with van der Waals surface area (Å²) in [5.74, 6) is 6.58. The lowest BCUT2D eigenvalue weighted by molar-refractivity contribution is -0.0541. The average Bonchev–Trinajstić information content (AvgIpc) is 2.62. The Hall–Kier alpha value is -0.0400. The van der Waals surface area contributed by atoms with Crippen LogP contribution in [0.3, 0.4) is 0 Å². The van der Waals surface area contributed by atoms with Gasteiger partial charge in [-0.3, -0.25) is 0 Å². The van der Waals surface area contributed by atoms with Crippen molar-refractivity contribution in [2.24, 2.45) is 46.3 Å². The van der Waals surface area contributed by atoms with E-state index in [2.05, 4.69) is 25.7 Å². The fourth-order valence-electron chi connectivity index (χ4n) is 8.15. The third-order valence-electron chi connectivity index (χ3n) is 9.87. The summed E-state index contributed by atoms with van der Waals surface area (Å²) < 4.78 is 0. The summed E-state index contributed by atoms with van der Waals surface area (Å²) in [6, 6.07) is 0. The van der Waals surface area contributed by atoms with E-state index in [1.54, 1.807) is 32.1 Å². The molecule has 6 rings (SSSR count). The molecule has 1 saturated heterocycles. The van der Waals surface area contributed by atoms with E-state index < -0.39 is 0 Å². The third kappa shape index (κ3) is 2.21. The highest BCUT2D eigenvalue weighted by atomic mass is 15.2. The van der Waals surface area contributed by atoms with Crippen LogP contribution in [0.15, 0.2) is 0 Å². The number of rotatable bonds is 3. The second kappa shape index (κ2) is 4.99. The van der Waals surface area contributed by atoms with E-state index in [0.29, 0.717) is 10.8 Å². The first-order valence-electron chi connectivity index (χ1n) is 10.7. The molecule has 0 N–H and O–H groups in total. The first kappa shape index (κ1) is 15.2. The Balaban J connectivity index is 1.23. The molecule has 130 valence electrons. The molecule has 5 saturated carbocycles. The standard InChI is InChI=1S/C22H37N/c1-21(2)19-4-6-22(21,3)14-23(13-19)7-5-20-17-9-15-8-16(11-17)12-18(20)10-15/h15-20H,4-14H2,1-3H3/t15?,16?,17?,18?,19?,20?,22-/m0/s1. The lowest BCUT2D eigenvalue weighted by atomic mass is 9.51. The van der Waals surface area contributed by atoms with Crippen molar-refractivity contribution in [2.45, 2.75) is 72.1 Å². The van der Waals surface area contributed by atoms with Crippen molar-refractivity contribution in [1.29, 1.82) is 0 Å². The molecule has 6 bridgehead atoms. The average molecular weight is 316 g/mol. The minimum Gasteiger partial charge on any atom is -0.302 e. The van der Waals surface area contributed by atoms with E-state index in [1.807, 2.05) is 0 Å². The molecule has 1 heterocycles. The van der Waals surface area contributed by atoms with Gasteiger partial charge >= 0.3 is 0 Å². The van der Waals surface area contributed by atoms with Gasteiger partial charge in [0, 0.05) is 13.1 Å². The topological polar surface area (TPSA) is 3.24 Å². The Labute approximate surface area is 143 Å². The summed E-state index contributed by atoms with van der Waals surface area (Å²) in [5.41, 5.74) is 1.16. The van der Waals surface area contributed by atoms with Gasteiger partial charge in [-0.05, 0) is 104 Å². The minimum absolute atomic E-state index is 0.576. The molecular formula is C22H37N. The molecule has 1 unspecified atom stereocenters. The molecule has 0 spiro atoms. The Morgan fingerprint density at radius 3 is 2.17 bits per heavy atom. The van der Waals surface area contributed by atoms with Crippen LogP contribution in [-0.2, 0) is 0 Å². The first-order valence-corrected chi connectivity index (χ1v) is 10.7. The second-order valence-corrected chi connectivity index (χ2v) is 11.1. The summed E-state index contributed by atoms with van der Waals surface area (Å²) in [7, 11) is 0. The lowest BCUT2D eigenvalue weighted by Gasteiger charge is -2.55. The SMILES string of the molecule is CC1(C)C2CC[C@@]1(C)CN(CCC1C3CC4CC(C3)CC1C4)C2. The maximum absolute atomic E-state index is 2.88. The summed E-state index contributed by atoms with van der Waals surface area (Å²) in [6.07, 6.45) is 12.5. The summed E-state index contributed by atoms with van der Waals surface area (Å²) >= 11 is 0. The van der Waals surface area contributed by atoms with Gasteiger partial charge in [-0.15, -0.1) is 0 Å². The smallest absolute Gasteiger partial charge is 0.00407 e. The lowest BCUT2D eigenvalue weighted by Crippen LogP contribution is -2.53. The number of likely N-dealkylation sites (tertiary alicyclic amines) is 1. The van der Waals surface area contributed by atoms with E-state index in [0.717, 1.165) is 35.5 Å². The number of hydrogen-bond acceptors (Lipinski definition) is 1. The second-order valence-electron chi connectivity index (χ2n) is 11.1. The molecule has 23 heavy (non-hydrogen) atoms. The van der Waals surface area contributed by atoms with E-state index in [4.69, 9.17) is 0 Å². The Morgan fingerprint density at radius 1 is 0.913 bits per heavy atom. The normalized spacial score (nSPS) is 53.9. The summed E-state index contributed by atoms with van der Waals surface area (Å²) in [4.78, 5) is 2.88. The molecule has 5 aliphatic carbocycles. The van der Waals surface area contributed by atoms with Gasteiger partial charge in [-0.1, -0.05) is 20.8 Å². The van der Waals surface area contributed by atoms with Crippen LogP contribution in [0.25, 0.3) is 0 Å². The molecule has 1 aliphatic heterocycles. The minimum atomic E-state index is 0.576. The van der Waals surface area contributed by atoms with Crippen molar-refractivity contribution < 1.29 is 0 Å². The molecule has 2 atom stereocenters. The van der Waals surface area contributed by atoms with Crippen LogP contribution in [0.2, 0.25) is 0 Å². The number of piperidine rings is 1. The van der Waals surface area contributed by atoms with Gasteiger partial charge in [-0.25, -0.2) is 0 Å². The molecule has 6 fully saturated rings. The highest BCUT2D eigenvalue weighted by molar-refractivity contribution is 5.06. The van der Waals surface area contributed by atoms with Crippen LogP contribution in [-0.4, -0.2) is 24.5 Å². The van der Waals surface area contributed by atoms with Crippen molar-refractivity contribution in [3.05, 3.63) is 0 Å². The monoisotopic (exact) mass is 315 g/mol. The molecule has 1 heteroatoms. The molecule has 0 radical (unpaired) electrons. The zero-order chi connectivity index (χ0) is 15.8. The van der Waals surface area contributed by atoms with Gasteiger partial charge in [0.05, 0.1) is 0 Å². The van der Waals surface area contributed by atoms with Crippen LogP contribution in [0, 0.1) is 46.3 Å². The molecule has 1 nitrogen and oxygen atoms in total. The van der Waals surface area contributed by atoms with Crippen LogP contribution in [0.4, 0.5) is 0 Å². The van der Waals surface area contributed by atoms with Crippen molar-refractivity contribution in [1.82, 2.24) is 4.90 Å². The van der Waals surface area contributed by atoms with Gasteiger partial charge in [0.25, 0.3) is 0 Å². The largest absolute Gasteiger partial charge is 0.302 e. The molecule has 6 aliphatic rings. The van der Waals surface area contributed by atoms with Gasteiger partial charge in [0.1, 0.15) is 0 Å². The predicted octanol–water partition coefficient (Wildman–Crippen LogP) is 5.21. The van der Waals surface area contributed by atoms with Crippen LogP contribution in [0.5, 0.6) is 0 Å². The van der Waals surface area contributed by atoms with Gasteiger partial charge < -0.3 is 4.90 Å². The number of fused-ring (bicyclic) bond motifs is 2. The Kier molecular flexibility index (Phi) is 3.31. The van der Waals surface area contributed by atoms with Gasteiger partial charge in [-0.2, -0.15) is 0 Å². The Bertz CT molecular complexity index is 452. The van der Waals surface area contributed by atoms with Crippen molar-refractivity contribution in [2.75, 3.05) is 19.6 Å². The zero-order valence-corrected chi connectivity index (χ0v) is 15.7. The third-order valence-corrected chi connectivity index (χ3v) is 9.87. The van der Waals surface area contributed by atoms with E-state index >= 15 is 0 Å². The highest BCUT2D eigenvalue weighted by Gasteiger charge is 2.55. The number of hydrogen-bond donors (Lipinski definition) is 0. The predicted molar refractivity (Wildman–Crippen MR) is 96.2 cm³/mol. The maximum Gasteiger partial charge on any atom is 0.00407 e. The van der Waals surface area contributed by atoms with E-state index in [9.17, 15) is 0 Å². The fraction of sp³-hybridized carbons (Fsp3) is 1.00. The maximum atomic E-state index is 2.88. The van der Waals surface area contributed by atoms with Crippen molar-refractivity contribution >= 4 is 0 Å². The number of nitrogens with zero attached hydrogens (tertiary/aromatic N) is 1. The van der Waals surface area contributed by atoms with Gasteiger partial charge in [0.2, 0.25) is 0 Å². The first-order chi connectivity index (χ1) is 10.9. The highest BCUT2D eigenvalue weighted by Crippen LogP contribution is 2.60. The quantitative estimate of drug-likeness (QED) is 0.691. The molecule has 0 aromatic carbocycles. The molecular weight excluding hydrogens is 278 g/mol. The van der Waals surface area contributed by atoms with E-state index in [1.165, 1.54) is 38.9 Å². The van der Waals surface area contributed by atoms with Crippen LogP contribution >= 0.6 is 0 Å². The van der Waals surface area contributed by atoms with Crippen molar-refractivity contribution in [3.8, 4) is 0 Å². The summed E-state index contributed by atoms with van der Waals surface area (Å²) in [6.45, 7) is 11.9. The molecule has 0 aromatic heterocycles. The zero-order valence-electron chi connectivity index (χ0n) is 15.7. The molecule has 0 amide bonds. The van der Waals surface area contributed by atoms with Crippen LogP contribution < -0.4 is 0 Å². The Morgan fingerprint density at radius 2 is 1.57 bits per heavy atom. The summed E-state index contributed by atoms with van der Waals surface area (Å²) in [5, 5.41) is 0. The fourth-order valence-corrected chi connectivity index (χ4v) is 8.15. The van der Waals surface area contributed by atoms with Crippen molar-refractivity contribution in [3.63, 3.8) is 0 Å². The van der Waals surface area contributed by atoms with Gasteiger partial charge in [0.15, 0.2) is 0 Å².